The number of halogens is 1. The fraction of sp³-hybridized carbons (Fsp3) is 0.571. The molecular weight excluding hydrogens is 278 g/mol. The van der Waals surface area contributed by atoms with E-state index in [9.17, 15) is 10.1 Å². The third kappa shape index (κ3) is 4.08. The molecule has 112 valence electrons. The number of hydrogen-bond donors (Lipinski definition) is 1. The highest BCUT2D eigenvalue weighted by molar-refractivity contribution is 6.33. The maximum Gasteiger partial charge on any atom is 0.310 e. The molecule has 0 heterocycles. The van der Waals surface area contributed by atoms with Crippen LogP contribution in [0.3, 0.4) is 0 Å². The number of para-hydroxylation sites is 1. The van der Waals surface area contributed by atoms with Crippen LogP contribution in [0.1, 0.15) is 27.2 Å². The van der Waals surface area contributed by atoms with Gasteiger partial charge in [-0.25, -0.2) is 0 Å². The van der Waals surface area contributed by atoms with Crippen LogP contribution in [-0.4, -0.2) is 24.6 Å². The number of nitro groups is 1. The molecule has 0 radical (unpaired) electrons. The van der Waals surface area contributed by atoms with Crippen LogP contribution in [0.4, 0.5) is 11.4 Å². The molecule has 0 fully saturated rings. The minimum absolute atomic E-state index is 0.0320. The van der Waals surface area contributed by atoms with Crippen LogP contribution in [0.25, 0.3) is 0 Å². The van der Waals surface area contributed by atoms with Gasteiger partial charge < -0.3 is 10.6 Å². The van der Waals surface area contributed by atoms with Gasteiger partial charge in [-0.05, 0) is 30.5 Å². The summed E-state index contributed by atoms with van der Waals surface area (Å²) in [7, 11) is 0. The molecule has 2 N–H and O–H groups in total. The van der Waals surface area contributed by atoms with Crippen molar-refractivity contribution in [1.82, 2.24) is 0 Å². The Balaban J connectivity index is 3.21. The first-order chi connectivity index (χ1) is 9.32. The van der Waals surface area contributed by atoms with Crippen molar-refractivity contribution in [2.24, 2.45) is 11.1 Å². The molecule has 0 saturated heterocycles. The molecule has 1 aromatic carbocycles. The molecule has 0 saturated carbocycles. The van der Waals surface area contributed by atoms with Gasteiger partial charge in [-0.1, -0.05) is 38.4 Å². The second-order valence-electron chi connectivity index (χ2n) is 5.65. The Bertz CT molecular complexity index is 477. The average Bonchev–Trinajstić information content (AvgIpc) is 2.37. The van der Waals surface area contributed by atoms with Gasteiger partial charge in [0.15, 0.2) is 0 Å². The highest BCUT2D eigenvalue weighted by Crippen LogP contribution is 2.36. The number of anilines is 1. The van der Waals surface area contributed by atoms with Gasteiger partial charge in [0.2, 0.25) is 0 Å². The maximum atomic E-state index is 11.3. The summed E-state index contributed by atoms with van der Waals surface area (Å²) in [5.74, 6) is 0. The molecule has 0 spiro atoms. The lowest BCUT2D eigenvalue weighted by Crippen LogP contribution is -2.39. The second kappa shape index (κ2) is 6.90. The fourth-order valence-electron chi connectivity index (χ4n) is 2.08. The van der Waals surface area contributed by atoms with Gasteiger partial charge in [0, 0.05) is 13.1 Å². The summed E-state index contributed by atoms with van der Waals surface area (Å²) >= 11 is 5.98. The van der Waals surface area contributed by atoms with Crippen LogP contribution in [0.5, 0.6) is 0 Å². The molecule has 0 unspecified atom stereocenters. The van der Waals surface area contributed by atoms with Crippen molar-refractivity contribution >= 4 is 23.0 Å². The second-order valence-corrected chi connectivity index (χ2v) is 6.06. The van der Waals surface area contributed by atoms with E-state index in [2.05, 4.69) is 0 Å². The molecule has 1 rings (SSSR count). The number of nitro benzene ring substituents is 1. The monoisotopic (exact) mass is 299 g/mol. The Labute approximate surface area is 124 Å². The third-order valence-corrected chi connectivity index (χ3v) is 3.46. The lowest BCUT2D eigenvalue weighted by Gasteiger charge is -2.33. The van der Waals surface area contributed by atoms with E-state index in [0.717, 1.165) is 13.0 Å². The van der Waals surface area contributed by atoms with Crippen molar-refractivity contribution in [1.29, 1.82) is 0 Å². The van der Waals surface area contributed by atoms with Crippen LogP contribution >= 0.6 is 11.6 Å². The Morgan fingerprint density at radius 3 is 2.60 bits per heavy atom. The molecule has 0 aromatic heterocycles. The van der Waals surface area contributed by atoms with E-state index < -0.39 is 4.92 Å². The summed E-state index contributed by atoms with van der Waals surface area (Å²) in [5.41, 5.74) is 6.18. The van der Waals surface area contributed by atoms with Gasteiger partial charge in [-0.3, -0.25) is 10.1 Å². The predicted molar refractivity (Wildman–Crippen MR) is 83.4 cm³/mol. The van der Waals surface area contributed by atoms with Crippen molar-refractivity contribution in [3.05, 3.63) is 33.3 Å². The number of hydrogen-bond acceptors (Lipinski definition) is 4. The maximum absolute atomic E-state index is 11.3. The van der Waals surface area contributed by atoms with Crippen molar-refractivity contribution in [3.63, 3.8) is 0 Å². The normalized spacial score (nSPS) is 11.4. The zero-order valence-corrected chi connectivity index (χ0v) is 13.0. The van der Waals surface area contributed by atoms with Gasteiger partial charge in [0.25, 0.3) is 0 Å². The molecule has 1 aromatic rings. The Kier molecular flexibility index (Phi) is 5.77. The van der Waals surface area contributed by atoms with Gasteiger partial charge in [-0.15, -0.1) is 0 Å². The third-order valence-electron chi connectivity index (χ3n) is 3.15. The molecule has 0 atom stereocenters. The molecule has 0 aliphatic carbocycles. The van der Waals surface area contributed by atoms with Crippen LogP contribution in [-0.2, 0) is 0 Å². The minimum atomic E-state index is -0.421. The topological polar surface area (TPSA) is 72.4 Å². The van der Waals surface area contributed by atoms with Crippen LogP contribution in [0, 0.1) is 15.5 Å². The van der Waals surface area contributed by atoms with E-state index in [4.69, 9.17) is 17.3 Å². The smallest absolute Gasteiger partial charge is 0.310 e. The van der Waals surface area contributed by atoms with E-state index in [1.54, 1.807) is 18.2 Å². The minimum Gasteiger partial charge on any atom is -0.365 e. The van der Waals surface area contributed by atoms with E-state index in [1.165, 1.54) is 0 Å². The van der Waals surface area contributed by atoms with E-state index in [-0.39, 0.29) is 16.1 Å². The van der Waals surface area contributed by atoms with Gasteiger partial charge in [0.05, 0.1) is 4.92 Å². The van der Waals surface area contributed by atoms with Crippen LogP contribution < -0.4 is 10.6 Å². The molecule has 0 aliphatic heterocycles. The first-order valence-electron chi connectivity index (χ1n) is 6.70. The molecular formula is C14H22ClN3O2. The van der Waals surface area contributed by atoms with Gasteiger partial charge in [-0.2, -0.15) is 0 Å². The van der Waals surface area contributed by atoms with Gasteiger partial charge >= 0.3 is 5.69 Å². The molecule has 5 nitrogen and oxygen atoms in total. The van der Waals surface area contributed by atoms with E-state index in [1.807, 2.05) is 25.7 Å². The largest absolute Gasteiger partial charge is 0.365 e. The summed E-state index contributed by atoms with van der Waals surface area (Å²) in [6.45, 7) is 8.03. The molecule has 0 amide bonds. The Morgan fingerprint density at radius 1 is 1.45 bits per heavy atom. The lowest BCUT2D eigenvalue weighted by molar-refractivity contribution is -0.384. The standard InChI is InChI=1S/C14H22ClN3O2/c1-4-8-17(10-14(2,3)9-16)12-7-5-6-11(15)13(12)18(19)20/h5-7H,4,8-10,16H2,1-3H3. The first-order valence-corrected chi connectivity index (χ1v) is 7.08. The number of nitrogens with zero attached hydrogens (tertiary/aromatic N) is 2. The molecule has 0 bridgehead atoms. The number of rotatable bonds is 7. The van der Waals surface area contributed by atoms with Gasteiger partial charge in [0.1, 0.15) is 10.7 Å². The highest BCUT2D eigenvalue weighted by Gasteiger charge is 2.26. The predicted octanol–water partition coefficient (Wildman–Crippen LogP) is 3.45. The summed E-state index contributed by atoms with van der Waals surface area (Å²) in [6.07, 6.45) is 0.893. The number of benzene rings is 1. The molecule has 20 heavy (non-hydrogen) atoms. The zero-order valence-electron chi connectivity index (χ0n) is 12.2. The molecule has 0 aliphatic rings. The van der Waals surface area contributed by atoms with Crippen molar-refractivity contribution in [2.75, 3.05) is 24.5 Å². The highest BCUT2D eigenvalue weighted by atomic mass is 35.5. The summed E-state index contributed by atoms with van der Waals surface area (Å²) in [5, 5.41) is 11.4. The van der Waals surface area contributed by atoms with Crippen molar-refractivity contribution in [2.45, 2.75) is 27.2 Å². The average molecular weight is 300 g/mol. The van der Waals surface area contributed by atoms with E-state index >= 15 is 0 Å². The van der Waals surface area contributed by atoms with Crippen molar-refractivity contribution in [3.8, 4) is 0 Å². The summed E-state index contributed by atoms with van der Waals surface area (Å²) in [4.78, 5) is 12.8. The zero-order chi connectivity index (χ0) is 15.3. The summed E-state index contributed by atoms with van der Waals surface area (Å²) in [6, 6.07) is 5.02. The Hall–Kier alpha value is -1.33. The molecule has 6 heteroatoms. The SMILES string of the molecule is CCCN(CC(C)(C)CN)c1cccc(Cl)c1[N+](=O)[O-]. The Morgan fingerprint density at radius 2 is 2.10 bits per heavy atom. The quantitative estimate of drug-likeness (QED) is 0.618. The number of nitrogens with two attached hydrogens (primary N) is 1. The fourth-order valence-corrected chi connectivity index (χ4v) is 2.31. The van der Waals surface area contributed by atoms with Crippen molar-refractivity contribution < 1.29 is 4.92 Å². The summed E-state index contributed by atoms with van der Waals surface area (Å²) < 4.78 is 0. The lowest BCUT2D eigenvalue weighted by atomic mass is 9.92. The van der Waals surface area contributed by atoms with Crippen LogP contribution in [0.15, 0.2) is 18.2 Å². The van der Waals surface area contributed by atoms with E-state index in [0.29, 0.717) is 18.8 Å². The first kappa shape index (κ1) is 16.7. The van der Waals surface area contributed by atoms with Crippen LogP contribution in [0.2, 0.25) is 5.02 Å².